The maximum Gasteiger partial charge on any atom is 0.335 e. The van der Waals surface area contributed by atoms with Crippen molar-refractivity contribution in [3.63, 3.8) is 0 Å². The Kier molecular flexibility index (Phi) is 5.86. The lowest BCUT2D eigenvalue weighted by Gasteiger charge is -2.11. The molecule has 1 heterocycles. The zero-order valence-corrected chi connectivity index (χ0v) is 13.9. The highest BCUT2D eigenvalue weighted by Gasteiger charge is 2.15. The van der Waals surface area contributed by atoms with Gasteiger partial charge in [-0.2, -0.15) is 0 Å². The maximum atomic E-state index is 10.9. The van der Waals surface area contributed by atoms with Crippen molar-refractivity contribution in [2.24, 2.45) is 0 Å². The highest BCUT2D eigenvalue weighted by atomic mass is 35.5. The summed E-state index contributed by atoms with van der Waals surface area (Å²) in [5.41, 5.74) is 2.07. The van der Waals surface area contributed by atoms with Crippen molar-refractivity contribution in [3.8, 4) is 0 Å². The number of rotatable bonds is 7. The van der Waals surface area contributed by atoms with Crippen LogP contribution >= 0.6 is 23.2 Å². The molecule has 2 rings (SSSR count). The van der Waals surface area contributed by atoms with Gasteiger partial charge in [-0.3, -0.25) is 0 Å². The van der Waals surface area contributed by atoms with Crippen LogP contribution in [0.5, 0.6) is 0 Å². The first-order chi connectivity index (χ1) is 10.6. The Morgan fingerprint density at radius 3 is 2.55 bits per heavy atom. The number of nitrogens with zero attached hydrogens (tertiary/aromatic N) is 2. The molecule has 4 nitrogen and oxygen atoms in total. The molecule has 1 N–H and O–H groups in total. The van der Waals surface area contributed by atoms with Crippen molar-refractivity contribution < 1.29 is 9.90 Å². The Bertz CT molecular complexity index is 651. The van der Waals surface area contributed by atoms with E-state index in [0.717, 1.165) is 36.3 Å². The van der Waals surface area contributed by atoms with Crippen LogP contribution in [-0.2, 0) is 18.8 Å². The number of imidazole rings is 1. The number of carbonyl (C=O) groups is 1. The van der Waals surface area contributed by atoms with Crippen LogP contribution in [0.25, 0.3) is 0 Å². The lowest BCUT2D eigenvalue weighted by Crippen LogP contribution is -2.08. The topological polar surface area (TPSA) is 55.1 Å². The average molecular weight is 341 g/mol. The van der Waals surface area contributed by atoms with Crippen molar-refractivity contribution >= 4 is 29.2 Å². The van der Waals surface area contributed by atoms with Crippen LogP contribution in [0, 0.1) is 0 Å². The molecule has 118 valence electrons. The SMILES string of the molecule is CCCCc1nc(Cl)c(CCl)n1Cc1ccc(C(=O)O)cc1. The van der Waals surface area contributed by atoms with E-state index in [1.807, 2.05) is 4.57 Å². The molecule has 22 heavy (non-hydrogen) atoms. The summed E-state index contributed by atoms with van der Waals surface area (Å²) in [6.45, 7) is 2.71. The van der Waals surface area contributed by atoms with E-state index < -0.39 is 5.97 Å². The van der Waals surface area contributed by atoms with Crippen LogP contribution < -0.4 is 0 Å². The number of unbranched alkanes of at least 4 members (excludes halogenated alkanes) is 1. The van der Waals surface area contributed by atoms with Crippen LogP contribution in [-0.4, -0.2) is 20.6 Å². The van der Waals surface area contributed by atoms with Gasteiger partial charge in [-0.25, -0.2) is 9.78 Å². The monoisotopic (exact) mass is 340 g/mol. The molecule has 0 spiro atoms. The maximum absolute atomic E-state index is 10.9. The van der Waals surface area contributed by atoms with Gasteiger partial charge < -0.3 is 9.67 Å². The Labute approximate surface area is 139 Å². The van der Waals surface area contributed by atoms with Crippen molar-refractivity contribution in [2.45, 2.75) is 38.6 Å². The zero-order chi connectivity index (χ0) is 16.1. The van der Waals surface area contributed by atoms with Gasteiger partial charge >= 0.3 is 5.97 Å². The van der Waals surface area contributed by atoms with E-state index in [4.69, 9.17) is 28.3 Å². The number of benzene rings is 1. The van der Waals surface area contributed by atoms with Crippen molar-refractivity contribution in [3.05, 3.63) is 52.1 Å². The summed E-state index contributed by atoms with van der Waals surface area (Å²) >= 11 is 12.2. The Morgan fingerprint density at radius 2 is 2.00 bits per heavy atom. The average Bonchev–Trinajstić information content (AvgIpc) is 2.80. The molecule has 1 aromatic heterocycles. The summed E-state index contributed by atoms with van der Waals surface area (Å²) in [4.78, 5) is 15.3. The molecule has 0 radical (unpaired) electrons. The largest absolute Gasteiger partial charge is 0.478 e. The van der Waals surface area contributed by atoms with Gasteiger partial charge in [0.15, 0.2) is 5.15 Å². The highest BCUT2D eigenvalue weighted by Crippen LogP contribution is 2.22. The summed E-state index contributed by atoms with van der Waals surface area (Å²) in [5, 5.41) is 9.39. The number of carboxylic acid groups (broad SMARTS) is 1. The van der Waals surface area contributed by atoms with Crippen molar-refractivity contribution in [2.75, 3.05) is 0 Å². The summed E-state index contributed by atoms with van der Waals surface area (Å²) in [6.07, 6.45) is 2.96. The molecule has 0 fully saturated rings. The molecular formula is C16H18Cl2N2O2. The fourth-order valence-electron chi connectivity index (χ4n) is 2.28. The van der Waals surface area contributed by atoms with Gasteiger partial charge in [0.1, 0.15) is 5.82 Å². The minimum absolute atomic E-state index is 0.274. The zero-order valence-electron chi connectivity index (χ0n) is 12.4. The highest BCUT2D eigenvalue weighted by molar-refractivity contribution is 6.31. The summed E-state index contributed by atoms with van der Waals surface area (Å²) < 4.78 is 2.03. The quantitative estimate of drug-likeness (QED) is 0.761. The Balaban J connectivity index is 2.28. The Morgan fingerprint density at radius 1 is 1.32 bits per heavy atom. The number of aromatic carboxylic acids is 1. The fourth-order valence-corrected chi connectivity index (χ4v) is 2.89. The van der Waals surface area contributed by atoms with Gasteiger partial charge in [0.05, 0.1) is 17.1 Å². The van der Waals surface area contributed by atoms with Crippen LogP contribution in [0.4, 0.5) is 0 Å². The Hall–Kier alpha value is -1.52. The van der Waals surface area contributed by atoms with Gasteiger partial charge in [0.25, 0.3) is 0 Å². The molecule has 0 aliphatic rings. The lowest BCUT2D eigenvalue weighted by molar-refractivity contribution is 0.0697. The molecular weight excluding hydrogens is 323 g/mol. The third-order valence-electron chi connectivity index (χ3n) is 3.52. The van der Waals surface area contributed by atoms with Crippen LogP contribution in [0.15, 0.2) is 24.3 Å². The molecule has 6 heteroatoms. The minimum Gasteiger partial charge on any atom is -0.478 e. The number of aromatic nitrogens is 2. The van der Waals surface area contributed by atoms with E-state index >= 15 is 0 Å². The van der Waals surface area contributed by atoms with E-state index in [1.54, 1.807) is 24.3 Å². The van der Waals surface area contributed by atoms with Gasteiger partial charge in [-0.15, -0.1) is 11.6 Å². The number of hydrogen-bond acceptors (Lipinski definition) is 2. The molecule has 0 aliphatic carbocycles. The van der Waals surface area contributed by atoms with Crippen molar-refractivity contribution in [1.29, 1.82) is 0 Å². The number of hydrogen-bond donors (Lipinski definition) is 1. The smallest absolute Gasteiger partial charge is 0.335 e. The van der Waals surface area contributed by atoms with E-state index in [0.29, 0.717) is 17.6 Å². The molecule has 0 atom stereocenters. The molecule has 2 aromatic rings. The number of carboxylic acids is 1. The normalized spacial score (nSPS) is 10.9. The molecule has 0 bridgehead atoms. The second-order valence-electron chi connectivity index (χ2n) is 5.09. The molecule has 0 saturated heterocycles. The van der Waals surface area contributed by atoms with Gasteiger partial charge in [-0.05, 0) is 24.1 Å². The van der Waals surface area contributed by atoms with Crippen LogP contribution in [0.1, 0.15) is 47.2 Å². The predicted octanol–water partition coefficient (Wildman–Crippen LogP) is 4.36. The molecule has 0 saturated carbocycles. The van der Waals surface area contributed by atoms with Gasteiger partial charge in [0, 0.05) is 13.0 Å². The van der Waals surface area contributed by atoms with E-state index in [1.165, 1.54) is 0 Å². The van der Waals surface area contributed by atoms with E-state index in [2.05, 4.69) is 11.9 Å². The molecule has 0 amide bonds. The first kappa shape index (κ1) is 16.8. The van der Waals surface area contributed by atoms with E-state index in [-0.39, 0.29) is 5.56 Å². The fraction of sp³-hybridized carbons (Fsp3) is 0.375. The summed E-state index contributed by atoms with van der Waals surface area (Å²) in [5.74, 6) is 0.289. The summed E-state index contributed by atoms with van der Waals surface area (Å²) in [6, 6.07) is 6.81. The van der Waals surface area contributed by atoms with E-state index in [9.17, 15) is 4.79 Å². The lowest BCUT2D eigenvalue weighted by atomic mass is 10.1. The summed E-state index contributed by atoms with van der Waals surface area (Å²) in [7, 11) is 0. The third-order valence-corrected chi connectivity index (χ3v) is 4.08. The molecule has 0 aliphatic heterocycles. The first-order valence-corrected chi connectivity index (χ1v) is 8.10. The van der Waals surface area contributed by atoms with Crippen LogP contribution in [0.3, 0.4) is 0 Å². The van der Waals surface area contributed by atoms with Crippen molar-refractivity contribution in [1.82, 2.24) is 9.55 Å². The third kappa shape index (κ3) is 3.81. The second kappa shape index (κ2) is 7.65. The number of halogens is 2. The minimum atomic E-state index is -0.928. The molecule has 0 unspecified atom stereocenters. The number of aryl methyl sites for hydroxylation is 1. The molecule has 1 aromatic carbocycles. The number of alkyl halides is 1. The standard InChI is InChI=1S/C16H18Cl2N2O2/c1-2-3-4-14-19-15(18)13(9-17)20(14)10-11-5-7-12(8-6-11)16(21)22/h5-8H,2-4,9-10H2,1H3,(H,21,22). The van der Waals surface area contributed by atoms with Gasteiger partial charge in [-0.1, -0.05) is 37.1 Å². The van der Waals surface area contributed by atoms with Gasteiger partial charge in [0.2, 0.25) is 0 Å². The second-order valence-corrected chi connectivity index (χ2v) is 5.72. The first-order valence-electron chi connectivity index (χ1n) is 7.18. The predicted molar refractivity (Wildman–Crippen MR) is 87.9 cm³/mol. The van der Waals surface area contributed by atoms with Crippen LogP contribution in [0.2, 0.25) is 5.15 Å².